The normalized spacial score (nSPS) is 9.29. The van der Waals surface area contributed by atoms with Crippen LogP contribution in [0.15, 0.2) is 231 Å². The van der Waals surface area contributed by atoms with Crippen LogP contribution in [0.2, 0.25) is 0 Å². The number of aromatic nitrogens is 8. The number of carbonyl (C=O) groups excluding carboxylic acids is 2. The minimum atomic E-state index is -0.147. The van der Waals surface area contributed by atoms with Crippen molar-refractivity contribution < 1.29 is 9.59 Å². The van der Waals surface area contributed by atoms with Crippen LogP contribution in [0.3, 0.4) is 0 Å². The Morgan fingerprint density at radius 3 is 0.833 bits per heavy atom. The van der Waals surface area contributed by atoms with Gasteiger partial charge in [-0.05, 0) is 160 Å². The minimum absolute atomic E-state index is 0.147. The molecule has 0 bridgehead atoms. The Bertz CT molecular complexity index is 3000. The SMILES string of the molecule is C=CCNC(=S)NN.C=CCNC(=S)NN=C(c1ccccn1)c1ccccn1.CCNC(=S)NN.CCNC(=S)NN=C(c1ccccn1)c1ccccn1.O=C(c1ccccn1)c1ccccn1.O=C(c1ccccn1)c1ccccn1. The predicted molar refractivity (Wildman–Crippen MR) is 347 cm³/mol. The zero-order valence-corrected chi connectivity index (χ0v) is 49.2. The Hall–Kier alpha value is -9.96. The van der Waals surface area contributed by atoms with Crippen LogP contribution in [0.1, 0.15) is 69.0 Å². The summed E-state index contributed by atoms with van der Waals surface area (Å²) in [5, 5.41) is 21.9. The summed E-state index contributed by atoms with van der Waals surface area (Å²) < 4.78 is 0. The average molecular weight is 1200 g/mol. The largest absolute Gasteiger partial charge is 0.362 e. The van der Waals surface area contributed by atoms with E-state index in [-0.39, 0.29) is 11.6 Å². The topological polar surface area (TPSA) is 310 Å². The number of nitrogens with zero attached hydrogens (tertiary/aromatic N) is 10. The summed E-state index contributed by atoms with van der Waals surface area (Å²) in [6.45, 7) is 13.8. The number of carbonyl (C=O) groups is 2. The van der Waals surface area contributed by atoms with Crippen molar-refractivity contribution in [2.24, 2.45) is 21.9 Å². The van der Waals surface area contributed by atoms with Gasteiger partial charge < -0.3 is 32.1 Å². The zero-order chi connectivity index (χ0) is 60.8. The highest BCUT2D eigenvalue weighted by atomic mass is 32.1. The maximum Gasteiger partial charge on any atom is 0.229 e. The van der Waals surface area contributed by atoms with E-state index in [9.17, 15) is 9.59 Å². The minimum Gasteiger partial charge on any atom is -0.362 e. The summed E-state index contributed by atoms with van der Waals surface area (Å²) in [6, 6.07) is 43.5. The fraction of sp³-hybridized carbons (Fsp3) is 0.103. The Labute approximate surface area is 509 Å². The number of hydrogen-bond donors (Lipinski definition) is 10. The van der Waals surface area contributed by atoms with Crippen LogP contribution in [-0.2, 0) is 0 Å². The monoisotopic (exact) mass is 1200 g/mol. The Morgan fingerprint density at radius 2 is 0.619 bits per heavy atom. The lowest BCUT2D eigenvalue weighted by Crippen LogP contribution is -2.39. The highest BCUT2D eigenvalue weighted by Gasteiger charge is 2.13. The summed E-state index contributed by atoms with van der Waals surface area (Å²) >= 11 is 19.5. The molecule has 0 fully saturated rings. The van der Waals surface area contributed by atoms with Gasteiger partial charge in [-0.2, -0.15) is 10.2 Å². The van der Waals surface area contributed by atoms with Gasteiger partial charge in [-0.25, -0.2) is 11.7 Å². The molecule has 0 radical (unpaired) electrons. The Kier molecular flexibility index (Phi) is 34.9. The van der Waals surface area contributed by atoms with Crippen LogP contribution in [0, 0.1) is 0 Å². The van der Waals surface area contributed by atoms with Crippen molar-refractivity contribution in [1.82, 2.24) is 82.8 Å². The maximum absolute atomic E-state index is 11.7. The maximum atomic E-state index is 11.7. The molecule has 8 rings (SSSR count). The summed E-state index contributed by atoms with van der Waals surface area (Å²) in [7, 11) is 0. The van der Waals surface area contributed by atoms with Gasteiger partial charge in [0.2, 0.25) is 11.6 Å². The number of pyridine rings is 8. The molecule has 0 aliphatic carbocycles. The molecule has 84 heavy (non-hydrogen) atoms. The molecule has 8 aromatic heterocycles. The lowest BCUT2D eigenvalue weighted by atomic mass is 10.1. The molecule has 8 aromatic rings. The van der Waals surface area contributed by atoms with Crippen LogP contribution in [0.4, 0.5) is 0 Å². The van der Waals surface area contributed by atoms with E-state index in [2.05, 4.69) is 131 Å². The molecule has 0 aromatic carbocycles. The smallest absolute Gasteiger partial charge is 0.229 e. The van der Waals surface area contributed by atoms with Gasteiger partial charge in [0, 0.05) is 75.8 Å². The molecule has 8 heterocycles. The molecular weight excluding hydrogens is 1140 g/mol. The average Bonchev–Trinajstić information content (AvgIpc) is 3.58. The van der Waals surface area contributed by atoms with Gasteiger partial charge in [-0.15, -0.1) is 13.2 Å². The number of ketones is 2. The number of hydrazine groups is 2. The molecule has 0 saturated heterocycles. The van der Waals surface area contributed by atoms with E-state index in [1.165, 1.54) is 0 Å². The third-order valence-corrected chi connectivity index (χ3v) is 10.5. The first-order valence-electron chi connectivity index (χ1n) is 25.3. The molecule has 26 heteroatoms. The van der Waals surface area contributed by atoms with Crippen molar-refractivity contribution in [2.45, 2.75) is 13.8 Å². The summed E-state index contributed by atoms with van der Waals surface area (Å²) in [4.78, 5) is 56.5. The first-order valence-corrected chi connectivity index (χ1v) is 27.0. The molecule has 432 valence electrons. The fourth-order valence-electron chi connectivity index (χ4n) is 5.80. The fourth-order valence-corrected chi connectivity index (χ4v) is 6.35. The lowest BCUT2D eigenvalue weighted by Gasteiger charge is -2.08. The van der Waals surface area contributed by atoms with Crippen LogP contribution < -0.4 is 54.7 Å². The van der Waals surface area contributed by atoms with Gasteiger partial charge in [0.25, 0.3) is 0 Å². The van der Waals surface area contributed by atoms with Gasteiger partial charge in [0.1, 0.15) is 34.2 Å². The summed E-state index contributed by atoms with van der Waals surface area (Å²) in [5.41, 5.74) is 16.0. The van der Waals surface area contributed by atoms with Crippen LogP contribution >= 0.6 is 48.9 Å². The Morgan fingerprint density at radius 1 is 0.393 bits per heavy atom. The second-order valence-corrected chi connectivity index (χ2v) is 17.2. The first kappa shape index (κ1) is 68.3. The van der Waals surface area contributed by atoms with Crippen molar-refractivity contribution in [1.29, 1.82) is 0 Å². The summed E-state index contributed by atoms with van der Waals surface area (Å²) in [5.74, 6) is 9.54. The van der Waals surface area contributed by atoms with Gasteiger partial charge in [-0.3, -0.25) is 60.3 Å². The third kappa shape index (κ3) is 28.0. The molecule has 0 unspecified atom stereocenters. The molecule has 22 nitrogen and oxygen atoms in total. The molecule has 0 amide bonds. The quantitative estimate of drug-likeness (QED) is 0.0135. The lowest BCUT2D eigenvalue weighted by molar-refractivity contribution is 0.102. The highest BCUT2D eigenvalue weighted by Crippen LogP contribution is 2.08. The molecule has 0 spiro atoms. The number of nitrogens with two attached hydrogens (primary N) is 2. The van der Waals surface area contributed by atoms with Crippen molar-refractivity contribution in [3.8, 4) is 0 Å². The predicted octanol–water partition coefficient (Wildman–Crippen LogP) is 5.86. The zero-order valence-electron chi connectivity index (χ0n) is 45.9. The van der Waals surface area contributed by atoms with Crippen molar-refractivity contribution in [2.75, 3.05) is 26.2 Å². The van der Waals surface area contributed by atoms with Crippen molar-refractivity contribution in [3.63, 3.8) is 0 Å². The van der Waals surface area contributed by atoms with Gasteiger partial charge >= 0.3 is 0 Å². The standard InChI is InChI=1S/C15H15N5S.C14H15N5S.2C11H8N2O.C4H9N3S.C3H9N3S/c1-2-9-18-15(21)20-19-14(12-7-3-5-10-16-12)13-8-4-6-11-17-13;1-2-15-14(20)19-18-13(11-7-3-5-9-16-11)12-8-4-6-10-17-12;2*14-11(9-5-1-3-7-12-9)10-6-2-4-8-13-10;1-2-3-6-4(8)7-5;1-2-5-3(7)6-4/h2-8,10-11H,1,9H2,(H2,18,20,21);3-10H,2H2,1H3,(H2,15,19,20);2*1-8H;2H,1,3,5H2,(H2,6,7,8);2,4H2,1H3,(H2,5,6,7). The van der Waals surface area contributed by atoms with Crippen LogP contribution in [0.5, 0.6) is 0 Å². The molecular formula is C58H64N20O2S4. The second kappa shape index (κ2) is 42.9. The van der Waals surface area contributed by atoms with E-state index in [0.29, 0.717) is 67.7 Å². The number of hydrogen-bond acceptors (Lipinski definition) is 18. The Balaban J connectivity index is 0.000000274. The molecule has 0 saturated carbocycles. The highest BCUT2D eigenvalue weighted by molar-refractivity contribution is 7.80. The van der Waals surface area contributed by atoms with E-state index in [0.717, 1.165) is 35.9 Å². The number of nitrogens with one attached hydrogen (secondary N) is 8. The van der Waals surface area contributed by atoms with E-state index >= 15 is 0 Å². The van der Waals surface area contributed by atoms with E-state index in [1.54, 1.807) is 135 Å². The number of rotatable bonds is 16. The van der Waals surface area contributed by atoms with Gasteiger partial charge in [0.05, 0.1) is 22.8 Å². The van der Waals surface area contributed by atoms with E-state index in [1.807, 2.05) is 86.6 Å². The van der Waals surface area contributed by atoms with Gasteiger partial charge in [-0.1, -0.05) is 60.7 Å². The van der Waals surface area contributed by atoms with E-state index < -0.39 is 0 Å². The summed E-state index contributed by atoms with van der Waals surface area (Å²) in [6.07, 6.45) is 16.6. The molecule has 12 N–H and O–H groups in total. The molecule has 0 aliphatic heterocycles. The van der Waals surface area contributed by atoms with Crippen LogP contribution in [-0.4, -0.2) is 109 Å². The van der Waals surface area contributed by atoms with Crippen LogP contribution in [0.25, 0.3) is 0 Å². The number of hydrazone groups is 2. The molecule has 0 atom stereocenters. The number of thiocarbonyl (C=S) groups is 4. The molecule has 0 aliphatic rings. The van der Waals surface area contributed by atoms with Crippen molar-refractivity contribution >= 4 is 92.3 Å². The van der Waals surface area contributed by atoms with Crippen molar-refractivity contribution in [3.05, 3.63) is 266 Å². The van der Waals surface area contributed by atoms with E-state index in [4.69, 9.17) is 36.1 Å². The first-order chi connectivity index (χ1) is 41.0. The second-order valence-electron chi connectivity index (χ2n) is 15.5. The van der Waals surface area contributed by atoms with Gasteiger partial charge in [0.15, 0.2) is 20.4 Å². The third-order valence-electron chi connectivity index (χ3n) is 9.51.